The second-order valence-corrected chi connectivity index (χ2v) is 6.85. The van der Waals surface area contributed by atoms with Crippen LogP contribution in [-0.4, -0.2) is 46.9 Å². The summed E-state index contributed by atoms with van der Waals surface area (Å²) < 4.78 is 22.9. The summed E-state index contributed by atoms with van der Waals surface area (Å²) in [5, 5.41) is 9.91. The smallest absolute Gasteiger partial charge is 0.243 e. The number of H-pyrrole nitrogens is 1. The van der Waals surface area contributed by atoms with Crippen LogP contribution in [0.15, 0.2) is 23.5 Å². The van der Waals surface area contributed by atoms with Crippen LogP contribution in [0.5, 0.6) is 0 Å². The van der Waals surface area contributed by atoms with Gasteiger partial charge in [0.25, 0.3) is 0 Å². The van der Waals surface area contributed by atoms with E-state index in [4.69, 9.17) is 11.6 Å². The highest BCUT2D eigenvalue weighted by Gasteiger charge is 2.17. The van der Waals surface area contributed by atoms with Gasteiger partial charge in [-0.15, -0.1) is 0 Å². The molecule has 0 amide bonds. The van der Waals surface area contributed by atoms with Gasteiger partial charge in [0, 0.05) is 30.4 Å². The lowest BCUT2D eigenvalue weighted by molar-refractivity contribution is 0.594. The van der Waals surface area contributed by atoms with Crippen molar-refractivity contribution in [1.82, 2.24) is 25.1 Å². The van der Waals surface area contributed by atoms with Crippen LogP contribution in [0, 0.1) is 0 Å². The molecule has 1 aromatic carbocycles. The molecule has 10 heteroatoms. The third-order valence-electron chi connectivity index (χ3n) is 2.98. The number of anilines is 1. The minimum Gasteiger partial charge on any atom is -0.357 e. The average molecular weight is 339 g/mol. The zero-order valence-electron chi connectivity index (χ0n) is 11.6. The van der Waals surface area contributed by atoms with Gasteiger partial charge in [-0.25, -0.2) is 23.5 Å². The fourth-order valence-corrected chi connectivity index (χ4v) is 2.65. The zero-order chi connectivity index (χ0) is 15.9. The molecular weight excluding hydrogens is 328 g/mol. The van der Waals surface area contributed by atoms with Crippen molar-refractivity contribution in [1.29, 1.82) is 0 Å². The number of rotatable bonds is 3. The molecule has 0 saturated carbocycles. The first-order valence-corrected chi connectivity index (χ1v) is 8.43. The van der Waals surface area contributed by atoms with E-state index in [-0.39, 0.29) is 11.0 Å². The monoisotopic (exact) mass is 338 g/mol. The van der Waals surface area contributed by atoms with Gasteiger partial charge in [0.2, 0.25) is 20.9 Å². The van der Waals surface area contributed by atoms with Gasteiger partial charge >= 0.3 is 0 Å². The Balaban J connectivity index is 2.16. The number of nitrogens with zero attached hydrogens (tertiary/aromatic N) is 4. The van der Waals surface area contributed by atoms with Crippen LogP contribution in [0.25, 0.3) is 22.3 Å². The fraction of sp³-hybridized carbons (Fsp3) is 0.167. The van der Waals surface area contributed by atoms with Gasteiger partial charge in [0.05, 0.1) is 10.5 Å². The summed E-state index contributed by atoms with van der Waals surface area (Å²) in [5.41, 5.74) is 1.16. The number of benzene rings is 1. The summed E-state index contributed by atoms with van der Waals surface area (Å²) in [5.74, 6) is 0.679. The number of hydrogen-bond donors (Lipinski definition) is 2. The normalized spacial score (nSPS) is 11.8. The van der Waals surface area contributed by atoms with Crippen LogP contribution in [0.2, 0.25) is 5.02 Å². The topological polar surface area (TPSA) is 114 Å². The van der Waals surface area contributed by atoms with Crippen LogP contribution in [-0.2, 0) is 9.84 Å². The number of aromatic amines is 1. The van der Waals surface area contributed by atoms with Crippen molar-refractivity contribution >= 4 is 38.3 Å². The van der Waals surface area contributed by atoms with Gasteiger partial charge in [0.15, 0.2) is 5.82 Å². The molecule has 0 radical (unpaired) electrons. The first kappa shape index (κ1) is 14.7. The summed E-state index contributed by atoms with van der Waals surface area (Å²) in [6.45, 7) is 0. The standard InChI is InChI=1S/C12H11ClN6O2S/c1-14-11-15-5-7-8(16-11)4-3-6(9(7)13)10-17-12(19-18-10)22(2,20)21/h3-5H,1-2H3,(H,14,15,16)(H,17,18,19). The molecule has 0 aliphatic rings. The highest BCUT2D eigenvalue weighted by Crippen LogP contribution is 2.32. The number of sulfone groups is 1. The van der Waals surface area contributed by atoms with Crippen LogP contribution in [0.1, 0.15) is 0 Å². The Morgan fingerprint density at radius 1 is 1.27 bits per heavy atom. The third kappa shape index (κ3) is 2.48. The van der Waals surface area contributed by atoms with Crippen molar-refractivity contribution in [2.45, 2.75) is 5.16 Å². The molecular formula is C12H11ClN6O2S. The lowest BCUT2D eigenvalue weighted by atomic mass is 10.1. The van der Waals surface area contributed by atoms with E-state index in [1.807, 2.05) is 0 Å². The Kier molecular flexibility index (Phi) is 3.45. The summed E-state index contributed by atoms with van der Waals surface area (Å²) in [6.07, 6.45) is 2.64. The average Bonchev–Trinajstić information content (AvgIpc) is 2.97. The van der Waals surface area contributed by atoms with E-state index in [1.165, 1.54) is 0 Å². The number of aromatic nitrogens is 5. The molecule has 22 heavy (non-hydrogen) atoms. The molecule has 0 unspecified atom stereocenters. The largest absolute Gasteiger partial charge is 0.357 e. The van der Waals surface area contributed by atoms with Crippen molar-refractivity contribution in [2.24, 2.45) is 0 Å². The van der Waals surface area contributed by atoms with E-state index in [0.29, 0.717) is 27.4 Å². The molecule has 2 N–H and O–H groups in total. The van der Waals surface area contributed by atoms with Gasteiger partial charge in [0.1, 0.15) is 0 Å². The fourth-order valence-electron chi connectivity index (χ4n) is 1.90. The lowest BCUT2D eigenvalue weighted by Crippen LogP contribution is -1.99. The molecule has 0 spiro atoms. The maximum Gasteiger partial charge on any atom is 0.243 e. The highest BCUT2D eigenvalue weighted by atomic mass is 35.5. The highest BCUT2D eigenvalue weighted by molar-refractivity contribution is 7.90. The van der Waals surface area contributed by atoms with Gasteiger partial charge < -0.3 is 5.32 Å². The molecule has 0 atom stereocenters. The predicted molar refractivity (Wildman–Crippen MR) is 82.6 cm³/mol. The van der Waals surface area contributed by atoms with Crippen LogP contribution in [0.3, 0.4) is 0 Å². The summed E-state index contributed by atoms with van der Waals surface area (Å²) in [7, 11) is -1.74. The molecule has 0 aliphatic heterocycles. The summed E-state index contributed by atoms with van der Waals surface area (Å²) >= 11 is 6.35. The molecule has 0 bridgehead atoms. The number of halogens is 1. The molecule has 2 aromatic heterocycles. The van der Waals surface area contributed by atoms with Crippen LogP contribution in [0.4, 0.5) is 5.95 Å². The molecule has 8 nitrogen and oxygen atoms in total. The maximum absolute atomic E-state index is 11.5. The first-order chi connectivity index (χ1) is 10.4. The molecule has 2 heterocycles. The van der Waals surface area contributed by atoms with Crippen LogP contribution < -0.4 is 5.32 Å². The Morgan fingerprint density at radius 2 is 2.05 bits per heavy atom. The molecule has 3 aromatic rings. The quantitative estimate of drug-likeness (QED) is 0.744. The number of nitrogens with one attached hydrogen (secondary N) is 2. The Labute approximate surface area is 130 Å². The van der Waals surface area contributed by atoms with Gasteiger partial charge in [-0.2, -0.15) is 10.1 Å². The van der Waals surface area contributed by atoms with E-state index in [0.717, 1.165) is 6.26 Å². The number of hydrogen-bond acceptors (Lipinski definition) is 7. The van der Waals surface area contributed by atoms with Crippen molar-refractivity contribution in [3.63, 3.8) is 0 Å². The van der Waals surface area contributed by atoms with Crippen molar-refractivity contribution in [2.75, 3.05) is 18.6 Å². The van der Waals surface area contributed by atoms with E-state index < -0.39 is 9.84 Å². The summed E-state index contributed by atoms with van der Waals surface area (Å²) in [4.78, 5) is 12.4. The van der Waals surface area contributed by atoms with E-state index >= 15 is 0 Å². The van der Waals surface area contributed by atoms with Crippen LogP contribution >= 0.6 is 11.6 Å². The first-order valence-electron chi connectivity index (χ1n) is 6.16. The van der Waals surface area contributed by atoms with E-state index in [9.17, 15) is 8.42 Å². The van der Waals surface area contributed by atoms with Gasteiger partial charge in [-0.05, 0) is 12.1 Å². The number of fused-ring (bicyclic) bond motifs is 1. The Hall–Kier alpha value is -2.26. The van der Waals surface area contributed by atoms with Gasteiger partial charge in [-0.1, -0.05) is 11.6 Å². The second-order valence-electron chi connectivity index (χ2n) is 4.54. The Morgan fingerprint density at radius 3 is 2.68 bits per heavy atom. The SMILES string of the molecule is CNc1ncc2c(Cl)c(-c3n[nH]c(S(C)(=O)=O)n3)ccc2n1. The Bertz CT molecular complexity index is 969. The molecule has 3 rings (SSSR count). The zero-order valence-corrected chi connectivity index (χ0v) is 13.2. The summed E-state index contributed by atoms with van der Waals surface area (Å²) in [6, 6.07) is 3.43. The van der Waals surface area contributed by atoms with Gasteiger partial charge in [-0.3, -0.25) is 0 Å². The molecule has 0 fully saturated rings. The van der Waals surface area contributed by atoms with Crippen molar-refractivity contribution in [3.8, 4) is 11.4 Å². The molecule has 114 valence electrons. The van der Waals surface area contributed by atoms with E-state index in [2.05, 4.69) is 30.5 Å². The maximum atomic E-state index is 11.5. The molecule has 0 aliphatic carbocycles. The van der Waals surface area contributed by atoms with Crippen molar-refractivity contribution < 1.29 is 8.42 Å². The minimum absolute atomic E-state index is 0.199. The lowest BCUT2D eigenvalue weighted by Gasteiger charge is -2.05. The third-order valence-corrected chi connectivity index (χ3v) is 4.27. The minimum atomic E-state index is -3.46. The molecule has 0 saturated heterocycles. The second kappa shape index (κ2) is 5.18. The van der Waals surface area contributed by atoms with Crippen molar-refractivity contribution in [3.05, 3.63) is 23.4 Å². The predicted octanol–water partition coefficient (Wildman–Crippen LogP) is 1.51. The van der Waals surface area contributed by atoms with E-state index in [1.54, 1.807) is 25.4 Å².